The fraction of sp³-hybridized carbons (Fsp3) is 0.130. The van der Waals surface area contributed by atoms with Gasteiger partial charge in [-0.05, 0) is 29.7 Å². The summed E-state index contributed by atoms with van der Waals surface area (Å²) < 4.78 is 0. The van der Waals surface area contributed by atoms with Crippen molar-refractivity contribution in [1.29, 1.82) is 0 Å². The number of carbonyl (C=O) groups excluding carboxylic acids is 2. The minimum absolute atomic E-state index is 0.00508. The van der Waals surface area contributed by atoms with Crippen molar-refractivity contribution in [3.05, 3.63) is 106 Å². The van der Waals surface area contributed by atoms with Gasteiger partial charge in [0.05, 0.1) is 21.6 Å². The molecule has 0 radical (unpaired) electrons. The first kappa shape index (κ1) is 22.0. The van der Waals surface area contributed by atoms with Crippen LogP contribution in [0.4, 0.5) is 5.69 Å². The monoisotopic (exact) mass is 435 g/mol. The van der Waals surface area contributed by atoms with Gasteiger partial charge in [0.15, 0.2) is 0 Å². The van der Waals surface area contributed by atoms with Crippen molar-refractivity contribution in [2.45, 2.75) is 17.4 Å². The molecule has 2 amide bonds. The summed E-state index contributed by atoms with van der Waals surface area (Å²) in [6.45, 7) is 0. The molecule has 0 aliphatic rings. The van der Waals surface area contributed by atoms with Crippen LogP contribution >= 0.6 is 11.8 Å². The molecular formula is C23H21N3O4S. The van der Waals surface area contributed by atoms with Crippen LogP contribution in [0.5, 0.6) is 0 Å². The van der Waals surface area contributed by atoms with Gasteiger partial charge in [0.1, 0.15) is 0 Å². The van der Waals surface area contributed by atoms with Gasteiger partial charge in [-0.3, -0.25) is 19.7 Å². The van der Waals surface area contributed by atoms with Crippen LogP contribution in [-0.2, 0) is 11.2 Å². The van der Waals surface area contributed by atoms with E-state index in [9.17, 15) is 19.7 Å². The van der Waals surface area contributed by atoms with E-state index in [1.54, 1.807) is 0 Å². The molecule has 0 spiro atoms. The number of amides is 2. The zero-order chi connectivity index (χ0) is 22.2. The maximum absolute atomic E-state index is 12.7. The number of hydrogen-bond acceptors (Lipinski definition) is 5. The molecule has 31 heavy (non-hydrogen) atoms. The minimum Gasteiger partial charge on any atom is -0.366 e. The van der Waals surface area contributed by atoms with Gasteiger partial charge in [0, 0.05) is 11.6 Å². The largest absolute Gasteiger partial charge is 0.366 e. The van der Waals surface area contributed by atoms with Gasteiger partial charge in [0.25, 0.3) is 5.69 Å². The van der Waals surface area contributed by atoms with Gasteiger partial charge in [-0.2, -0.15) is 0 Å². The van der Waals surface area contributed by atoms with E-state index in [-0.39, 0.29) is 29.0 Å². The SMILES string of the molecule is NC(=O)c1ccc(SCC(=O)NC(Cc2ccccc2)c2ccccc2)c([N+](=O)[O-])c1. The van der Waals surface area contributed by atoms with Crippen LogP contribution in [0.2, 0.25) is 0 Å². The Morgan fingerprint density at radius 1 is 1.00 bits per heavy atom. The third kappa shape index (κ3) is 6.16. The summed E-state index contributed by atoms with van der Waals surface area (Å²) in [7, 11) is 0. The summed E-state index contributed by atoms with van der Waals surface area (Å²) in [5, 5.41) is 14.4. The number of primary amides is 1. The first-order valence-corrected chi connectivity index (χ1v) is 10.5. The summed E-state index contributed by atoms with van der Waals surface area (Å²) in [6.07, 6.45) is 0.620. The first-order chi connectivity index (χ1) is 14.9. The topological polar surface area (TPSA) is 115 Å². The molecule has 0 aliphatic carbocycles. The Hall–Kier alpha value is -3.65. The normalized spacial score (nSPS) is 11.5. The molecule has 0 aliphatic heterocycles. The third-order valence-electron chi connectivity index (χ3n) is 4.62. The molecule has 0 bridgehead atoms. The molecule has 0 fully saturated rings. The molecule has 7 nitrogen and oxygen atoms in total. The highest BCUT2D eigenvalue weighted by Gasteiger charge is 2.20. The number of benzene rings is 3. The molecule has 0 saturated carbocycles. The number of rotatable bonds is 9. The van der Waals surface area contributed by atoms with Crippen LogP contribution < -0.4 is 11.1 Å². The van der Waals surface area contributed by atoms with E-state index >= 15 is 0 Å². The van der Waals surface area contributed by atoms with E-state index in [1.165, 1.54) is 12.1 Å². The lowest BCUT2D eigenvalue weighted by molar-refractivity contribution is -0.387. The molecule has 0 aromatic heterocycles. The van der Waals surface area contributed by atoms with Crippen molar-refractivity contribution in [3.8, 4) is 0 Å². The van der Waals surface area contributed by atoms with Crippen LogP contribution in [0.25, 0.3) is 0 Å². The zero-order valence-corrected chi connectivity index (χ0v) is 17.4. The lowest BCUT2D eigenvalue weighted by Gasteiger charge is -2.19. The number of nitrogens with two attached hydrogens (primary N) is 1. The fourth-order valence-corrected chi connectivity index (χ4v) is 3.92. The lowest BCUT2D eigenvalue weighted by Crippen LogP contribution is -2.31. The second kappa shape index (κ2) is 10.4. The zero-order valence-electron chi connectivity index (χ0n) is 16.6. The Morgan fingerprint density at radius 3 is 2.26 bits per heavy atom. The Bertz CT molecular complexity index is 1070. The molecule has 1 atom stereocenters. The van der Waals surface area contributed by atoms with Crippen molar-refractivity contribution in [2.75, 3.05) is 5.75 Å². The highest BCUT2D eigenvalue weighted by atomic mass is 32.2. The molecule has 8 heteroatoms. The second-order valence-electron chi connectivity index (χ2n) is 6.81. The van der Waals surface area contributed by atoms with Crippen molar-refractivity contribution in [3.63, 3.8) is 0 Å². The van der Waals surface area contributed by atoms with E-state index in [0.29, 0.717) is 11.3 Å². The van der Waals surface area contributed by atoms with Crippen LogP contribution in [0.15, 0.2) is 83.8 Å². The highest BCUT2D eigenvalue weighted by Crippen LogP contribution is 2.30. The Kier molecular flexibility index (Phi) is 7.40. The third-order valence-corrected chi connectivity index (χ3v) is 5.68. The number of nitro groups is 1. The van der Waals surface area contributed by atoms with Gasteiger partial charge in [-0.25, -0.2) is 0 Å². The van der Waals surface area contributed by atoms with Crippen molar-refractivity contribution < 1.29 is 14.5 Å². The highest BCUT2D eigenvalue weighted by molar-refractivity contribution is 8.00. The molecule has 3 rings (SSSR count). The summed E-state index contributed by atoms with van der Waals surface area (Å²) in [6, 6.07) is 23.2. The predicted molar refractivity (Wildman–Crippen MR) is 120 cm³/mol. The number of thioether (sulfide) groups is 1. The van der Waals surface area contributed by atoms with Crippen molar-refractivity contribution in [1.82, 2.24) is 5.32 Å². The van der Waals surface area contributed by atoms with Gasteiger partial charge >= 0.3 is 0 Å². The molecule has 3 aromatic carbocycles. The molecule has 0 saturated heterocycles. The number of nitrogens with zero attached hydrogens (tertiary/aromatic N) is 1. The van der Waals surface area contributed by atoms with Crippen LogP contribution in [0, 0.1) is 10.1 Å². The molecule has 3 aromatic rings. The molecule has 1 unspecified atom stereocenters. The summed E-state index contributed by atoms with van der Waals surface area (Å²) in [4.78, 5) is 35.0. The Balaban J connectivity index is 1.71. The predicted octanol–water partition coefficient (Wildman–Crippen LogP) is 3.89. The number of hydrogen-bond donors (Lipinski definition) is 2. The first-order valence-electron chi connectivity index (χ1n) is 9.53. The van der Waals surface area contributed by atoms with E-state index in [0.717, 1.165) is 29.0 Å². The van der Waals surface area contributed by atoms with Crippen LogP contribution in [-0.4, -0.2) is 22.5 Å². The van der Waals surface area contributed by atoms with Gasteiger partial charge in [0.2, 0.25) is 11.8 Å². The number of carbonyl (C=O) groups is 2. The maximum atomic E-state index is 12.7. The van der Waals surface area contributed by atoms with E-state index in [2.05, 4.69) is 5.32 Å². The van der Waals surface area contributed by atoms with Gasteiger partial charge < -0.3 is 11.1 Å². The lowest BCUT2D eigenvalue weighted by atomic mass is 9.99. The molecule has 158 valence electrons. The summed E-state index contributed by atoms with van der Waals surface area (Å²) >= 11 is 1.04. The second-order valence-corrected chi connectivity index (χ2v) is 7.83. The standard InChI is InChI=1S/C23H21N3O4S/c24-23(28)18-11-12-21(20(14-18)26(29)30)31-15-22(27)25-19(17-9-5-2-6-10-17)13-16-7-3-1-4-8-16/h1-12,14,19H,13,15H2,(H2,24,28)(H,25,27). The minimum atomic E-state index is -0.746. The number of nitrogens with one attached hydrogen (secondary N) is 1. The summed E-state index contributed by atoms with van der Waals surface area (Å²) in [5.74, 6) is -0.999. The number of nitro benzene ring substituents is 1. The average molecular weight is 436 g/mol. The van der Waals surface area contributed by atoms with Crippen LogP contribution in [0.3, 0.4) is 0 Å². The maximum Gasteiger partial charge on any atom is 0.283 e. The smallest absolute Gasteiger partial charge is 0.283 e. The Morgan fingerprint density at radius 2 is 1.65 bits per heavy atom. The van der Waals surface area contributed by atoms with E-state index in [4.69, 9.17) is 5.73 Å². The van der Waals surface area contributed by atoms with E-state index in [1.807, 2.05) is 60.7 Å². The van der Waals surface area contributed by atoms with Crippen molar-refractivity contribution >= 4 is 29.3 Å². The summed E-state index contributed by atoms with van der Waals surface area (Å²) in [5.41, 5.74) is 7.05. The van der Waals surface area contributed by atoms with E-state index < -0.39 is 10.8 Å². The van der Waals surface area contributed by atoms with Crippen LogP contribution in [0.1, 0.15) is 27.5 Å². The van der Waals surface area contributed by atoms with Gasteiger partial charge in [-0.1, -0.05) is 60.7 Å². The average Bonchev–Trinajstić information content (AvgIpc) is 2.78. The quantitative estimate of drug-likeness (QED) is 0.301. The fourth-order valence-electron chi connectivity index (χ4n) is 3.10. The Labute approximate surface area is 183 Å². The molecular weight excluding hydrogens is 414 g/mol. The van der Waals surface area contributed by atoms with Crippen molar-refractivity contribution in [2.24, 2.45) is 5.73 Å². The molecule has 0 heterocycles. The molecule has 3 N–H and O–H groups in total. The van der Waals surface area contributed by atoms with Gasteiger partial charge in [-0.15, -0.1) is 11.8 Å².